The van der Waals surface area contributed by atoms with Crippen LogP contribution in [-0.2, 0) is 43.6 Å². The molecule has 0 saturated carbocycles. The van der Waals surface area contributed by atoms with Gasteiger partial charge in [0, 0.05) is 25.3 Å². The second-order valence-corrected chi connectivity index (χ2v) is 10.9. The molecule has 7 nitrogen and oxygen atoms in total. The monoisotopic (exact) mass is 603 g/mol. The van der Waals surface area contributed by atoms with E-state index in [1.54, 1.807) is 12.1 Å². The molecular weight excluding hydrogens is 578 g/mol. The summed E-state index contributed by atoms with van der Waals surface area (Å²) in [6, 6.07) is 11.3. The number of alkyl halides is 3. The molecule has 0 radical (unpaired) electrons. The molecule has 6 rings (SSSR count). The highest BCUT2D eigenvalue weighted by Gasteiger charge is 2.36. The summed E-state index contributed by atoms with van der Waals surface area (Å²) in [5.74, 6) is -1.37. The lowest BCUT2D eigenvalue weighted by Gasteiger charge is -2.31. The van der Waals surface area contributed by atoms with Crippen molar-refractivity contribution in [3.8, 4) is 5.75 Å². The summed E-state index contributed by atoms with van der Waals surface area (Å²) in [6.07, 6.45) is -3.39. The Bertz CT molecular complexity index is 1650. The van der Waals surface area contributed by atoms with Gasteiger partial charge in [-0.05, 0) is 66.4 Å². The van der Waals surface area contributed by atoms with Crippen molar-refractivity contribution >= 4 is 28.6 Å². The molecule has 0 unspecified atom stereocenters. The van der Waals surface area contributed by atoms with Crippen LogP contribution < -0.4 is 4.74 Å². The minimum Gasteiger partial charge on any atom is -0.488 e. The van der Waals surface area contributed by atoms with Crippen LogP contribution in [0.4, 0.5) is 17.6 Å². The molecule has 1 atom stereocenters. The summed E-state index contributed by atoms with van der Waals surface area (Å²) < 4.78 is 69.3. The Kier molecular flexibility index (Phi) is 7.59. The first-order valence-electron chi connectivity index (χ1n) is 13.4. The quantitative estimate of drug-likeness (QED) is 0.233. The number of carbonyl (C=O) groups is 1. The smallest absolute Gasteiger partial charge is 0.419 e. The van der Waals surface area contributed by atoms with Crippen LogP contribution in [0.3, 0.4) is 0 Å². The van der Waals surface area contributed by atoms with Crippen molar-refractivity contribution < 1.29 is 36.9 Å². The van der Waals surface area contributed by atoms with Crippen molar-refractivity contribution in [2.45, 2.75) is 51.4 Å². The molecule has 4 aromatic rings. The maximum atomic E-state index is 14.3. The fourth-order valence-corrected chi connectivity index (χ4v) is 5.62. The van der Waals surface area contributed by atoms with E-state index in [4.69, 9.17) is 26.1 Å². The molecule has 3 heterocycles. The maximum Gasteiger partial charge on any atom is 0.419 e. The van der Waals surface area contributed by atoms with Gasteiger partial charge in [0.1, 0.15) is 24.0 Å². The second-order valence-electron chi connectivity index (χ2n) is 10.5. The molecule has 0 spiro atoms. The molecule has 1 N–H and O–H groups in total. The van der Waals surface area contributed by atoms with E-state index in [1.807, 2.05) is 4.57 Å². The van der Waals surface area contributed by atoms with Crippen LogP contribution in [0.5, 0.6) is 5.75 Å². The van der Waals surface area contributed by atoms with Crippen LogP contribution in [0.25, 0.3) is 11.0 Å². The van der Waals surface area contributed by atoms with E-state index in [9.17, 15) is 27.5 Å². The first-order valence-corrected chi connectivity index (χ1v) is 13.8. The van der Waals surface area contributed by atoms with E-state index in [2.05, 4.69) is 4.90 Å². The summed E-state index contributed by atoms with van der Waals surface area (Å²) in [5.41, 5.74) is 1.80. The van der Waals surface area contributed by atoms with E-state index >= 15 is 0 Å². The van der Waals surface area contributed by atoms with Gasteiger partial charge in [-0.1, -0.05) is 17.7 Å². The molecule has 42 heavy (non-hydrogen) atoms. The lowest BCUT2D eigenvalue weighted by atomic mass is 9.96. The Morgan fingerprint density at radius 1 is 1.17 bits per heavy atom. The normalized spacial score (nSPS) is 17.2. The molecule has 2 aliphatic heterocycles. The van der Waals surface area contributed by atoms with Gasteiger partial charge in [0.05, 0.1) is 46.4 Å². The molecular formula is C30H26ClF4N3O4. The summed E-state index contributed by atoms with van der Waals surface area (Å²) in [7, 11) is 0. The van der Waals surface area contributed by atoms with Crippen LogP contribution in [0.15, 0.2) is 48.5 Å². The summed E-state index contributed by atoms with van der Waals surface area (Å²) in [6.45, 7) is 1.97. The number of ether oxygens (including phenoxy) is 2. The Hall–Kier alpha value is -3.67. The zero-order valence-electron chi connectivity index (χ0n) is 22.3. The molecule has 0 bridgehead atoms. The third kappa shape index (κ3) is 5.68. The van der Waals surface area contributed by atoms with Crippen molar-refractivity contribution in [2.24, 2.45) is 0 Å². The zero-order chi connectivity index (χ0) is 29.6. The van der Waals surface area contributed by atoms with Crippen LogP contribution >= 0.6 is 11.6 Å². The van der Waals surface area contributed by atoms with Gasteiger partial charge < -0.3 is 19.1 Å². The number of halogens is 5. The fraction of sp³-hybridized carbons (Fsp3) is 0.333. The van der Waals surface area contributed by atoms with Crippen LogP contribution in [0.2, 0.25) is 5.02 Å². The topological polar surface area (TPSA) is 76.8 Å². The number of carboxylic acids is 1. The van der Waals surface area contributed by atoms with E-state index in [0.29, 0.717) is 67.2 Å². The Balaban J connectivity index is 1.28. The van der Waals surface area contributed by atoms with Crippen molar-refractivity contribution in [1.82, 2.24) is 14.5 Å². The van der Waals surface area contributed by atoms with Crippen molar-refractivity contribution in [3.63, 3.8) is 0 Å². The van der Waals surface area contributed by atoms with E-state index in [-0.39, 0.29) is 22.3 Å². The van der Waals surface area contributed by atoms with Gasteiger partial charge in [-0.15, -0.1) is 0 Å². The van der Waals surface area contributed by atoms with Crippen molar-refractivity contribution in [2.75, 3.05) is 13.2 Å². The van der Waals surface area contributed by atoms with Crippen LogP contribution in [-0.4, -0.2) is 44.8 Å². The maximum absolute atomic E-state index is 14.3. The highest BCUT2D eigenvalue weighted by Crippen LogP contribution is 2.40. The van der Waals surface area contributed by atoms with Crippen molar-refractivity contribution in [3.05, 3.63) is 93.0 Å². The molecule has 0 amide bonds. The molecule has 220 valence electrons. The number of fused-ring (bicyclic) bond motifs is 2. The highest BCUT2D eigenvalue weighted by molar-refractivity contribution is 6.31. The molecule has 1 saturated heterocycles. The third-order valence-electron chi connectivity index (χ3n) is 7.75. The highest BCUT2D eigenvalue weighted by atomic mass is 35.5. The first kappa shape index (κ1) is 28.4. The second kappa shape index (κ2) is 11.2. The lowest BCUT2D eigenvalue weighted by molar-refractivity contribution is -0.139. The Morgan fingerprint density at radius 3 is 2.67 bits per heavy atom. The average molecular weight is 604 g/mol. The summed E-state index contributed by atoms with van der Waals surface area (Å²) in [4.78, 5) is 18.4. The zero-order valence-corrected chi connectivity index (χ0v) is 23.0. The minimum atomic E-state index is -4.66. The molecule has 1 aromatic heterocycles. The largest absolute Gasteiger partial charge is 0.488 e. The minimum absolute atomic E-state index is 0.000155. The lowest BCUT2D eigenvalue weighted by Crippen LogP contribution is -2.34. The number of carboxylic acid groups (broad SMARTS) is 1. The van der Waals surface area contributed by atoms with Crippen LogP contribution in [0, 0.1) is 5.82 Å². The Labute approximate surface area is 243 Å². The van der Waals surface area contributed by atoms with Gasteiger partial charge >= 0.3 is 12.1 Å². The molecule has 12 heteroatoms. The molecule has 1 fully saturated rings. The number of hydrogen-bond donors (Lipinski definition) is 1. The molecule has 2 aliphatic rings. The predicted molar refractivity (Wildman–Crippen MR) is 146 cm³/mol. The van der Waals surface area contributed by atoms with Gasteiger partial charge in [-0.3, -0.25) is 4.90 Å². The predicted octanol–water partition coefficient (Wildman–Crippen LogP) is 6.47. The third-order valence-corrected chi connectivity index (χ3v) is 8.11. The van der Waals surface area contributed by atoms with Crippen LogP contribution in [0.1, 0.15) is 44.9 Å². The van der Waals surface area contributed by atoms with Gasteiger partial charge in [0.25, 0.3) is 0 Å². The van der Waals surface area contributed by atoms with E-state index in [1.165, 1.54) is 30.3 Å². The standard InChI is InChI=1S/C30H26ClF4N3O4/c31-23-2-1-3-24(32)21(23)16-42-27-12-19-13-37(8-6-17(19)10-22(27)30(33,34)35)15-28-36-25-5-4-18(29(39)40)11-26(25)38(28)14-20-7-9-41-20/h1-5,10-12,20H,6-9,13-16H2,(H,39,40)/t20-/m0/s1. The first-order chi connectivity index (χ1) is 20.1. The molecule has 3 aromatic carbocycles. The van der Waals surface area contributed by atoms with Gasteiger partial charge in [0.2, 0.25) is 0 Å². The number of aromatic nitrogens is 2. The fourth-order valence-electron chi connectivity index (χ4n) is 5.40. The van der Waals surface area contributed by atoms with Gasteiger partial charge in [-0.25, -0.2) is 14.2 Å². The number of aromatic carboxylic acids is 1. The van der Waals surface area contributed by atoms with Crippen molar-refractivity contribution in [1.29, 1.82) is 0 Å². The summed E-state index contributed by atoms with van der Waals surface area (Å²) >= 11 is 6.05. The van der Waals surface area contributed by atoms with E-state index in [0.717, 1.165) is 12.5 Å². The van der Waals surface area contributed by atoms with Gasteiger partial charge in [-0.2, -0.15) is 13.2 Å². The average Bonchev–Trinajstić information content (AvgIpc) is 3.25. The van der Waals surface area contributed by atoms with Gasteiger partial charge in [0.15, 0.2) is 0 Å². The number of rotatable bonds is 8. The summed E-state index contributed by atoms with van der Waals surface area (Å²) in [5, 5.41) is 9.56. The van der Waals surface area contributed by atoms with E-state index < -0.39 is 35.9 Å². The molecule has 0 aliphatic carbocycles. The number of nitrogens with zero attached hydrogens (tertiary/aromatic N) is 3. The SMILES string of the molecule is O=C(O)c1ccc2nc(CN3CCc4cc(C(F)(F)F)c(OCc5c(F)cccc5Cl)cc4C3)n(C[C@@H]3CCO3)c2c1. The Morgan fingerprint density at radius 2 is 1.98 bits per heavy atom. The number of benzene rings is 3. The number of imidazole rings is 1. The number of hydrogen-bond acceptors (Lipinski definition) is 5.